The average molecular weight is 325 g/mol. The molecule has 0 bridgehead atoms. The predicted molar refractivity (Wildman–Crippen MR) is 75.6 cm³/mol. The van der Waals surface area contributed by atoms with Crippen LogP contribution in [0.3, 0.4) is 0 Å². The molecule has 4 nitrogen and oxygen atoms in total. The lowest BCUT2D eigenvalue weighted by atomic mass is 10.1. The zero-order valence-corrected chi connectivity index (χ0v) is 12.4. The summed E-state index contributed by atoms with van der Waals surface area (Å²) in [7, 11) is 0. The normalized spacial score (nSPS) is 24.1. The highest BCUT2D eigenvalue weighted by Gasteiger charge is 2.25. The van der Waals surface area contributed by atoms with Crippen molar-refractivity contribution in [2.45, 2.75) is 25.6 Å². The van der Waals surface area contributed by atoms with Crippen LogP contribution in [0.1, 0.15) is 18.1 Å². The molecule has 0 spiro atoms. The first-order valence-electron chi connectivity index (χ1n) is 6.29. The minimum absolute atomic E-state index is 0.0533. The molecule has 1 aromatic rings. The summed E-state index contributed by atoms with van der Waals surface area (Å²) in [5, 5.41) is 18.0. The number of aliphatic hydroxyl groups is 1. The SMILES string of the molecule is C[C@@H]1CO[C@@H](CO)CN1Cc1ccc(C#N)cc1Br. The molecule has 1 saturated heterocycles. The number of morpholine rings is 1. The van der Waals surface area contributed by atoms with E-state index in [-0.39, 0.29) is 12.7 Å². The van der Waals surface area contributed by atoms with Gasteiger partial charge in [0, 0.05) is 23.6 Å². The molecular weight excluding hydrogens is 308 g/mol. The number of hydrogen-bond acceptors (Lipinski definition) is 4. The molecule has 1 aliphatic rings. The monoisotopic (exact) mass is 324 g/mol. The molecule has 0 aliphatic carbocycles. The van der Waals surface area contributed by atoms with Crippen LogP contribution in [0.25, 0.3) is 0 Å². The van der Waals surface area contributed by atoms with Gasteiger partial charge < -0.3 is 9.84 Å². The van der Waals surface area contributed by atoms with Crippen molar-refractivity contribution in [2.75, 3.05) is 19.8 Å². The van der Waals surface area contributed by atoms with E-state index < -0.39 is 0 Å². The lowest BCUT2D eigenvalue weighted by molar-refractivity contribution is -0.0806. The average Bonchev–Trinajstić information content (AvgIpc) is 2.43. The fraction of sp³-hybridized carbons (Fsp3) is 0.500. The van der Waals surface area contributed by atoms with Gasteiger partial charge in [-0.3, -0.25) is 4.90 Å². The minimum Gasteiger partial charge on any atom is -0.394 e. The molecule has 0 amide bonds. The second kappa shape index (κ2) is 6.49. The van der Waals surface area contributed by atoms with E-state index in [2.05, 4.69) is 33.8 Å². The molecule has 1 fully saturated rings. The van der Waals surface area contributed by atoms with Crippen LogP contribution in [0.2, 0.25) is 0 Å². The van der Waals surface area contributed by atoms with Gasteiger partial charge >= 0.3 is 0 Å². The van der Waals surface area contributed by atoms with Crippen LogP contribution < -0.4 is 0 Å². The summed E-state index contributed by atoms with van der Waals surface area (Å²) in [6.45, 7) is 4.32. The number of halogens is 1. The number of hydrogen-bond donors (Lipinski definition) is 1. The molecule has 1 aromatic carbocycles. The maximum Gasteiger partial charge on any atom is 0.0992 e. The zero-order valence-electron chi connectivity index (χ0n) is 10.8. The summed E-state index contributed by atoms with van der Waals surface area (Å²) in [4.78, 5) is 2.29. The minimum atomic E-state index is -0.103. The quantitative estimate of drug-likeness (QED) is 0.922. The number of ether oxygens (including phenoxy) is 1. The standard InChI is InChI=1S/C14H17BrN2O2/c1-10-9-19-13(8-18)7-17(10)6-12-3-2-11(5-16)4-14(12)15/h2-4,10,13,18H,6-9H2,1H3/t10-,13-/m1/s1. The molecule has 19 heavy (non-hydrogen) atoms. The lowest BCUT2D eigenvalue weighted by Crippen LogP contribution is -2.48. The van der Waals surface area contributed by atoms with Crippen LogP contribution in [-0.4, -0.2) is 41.9 Å². The van der Waals surface area contributed by atoms with Crippen molar-refractivity contribution in [2.24, 2.45) is 0 Å². The Morgan fingerprint density at radius 1 is 1.58 bits per heavy atom. The first kappa shape index (κ1) is 14.5. The van der Waals surface area contributed by atoms with Crippen molar-refractivity contribution >= 4 is 15.9 Å². The highest BCUT2D eigenvalue weighted by atomic mass is 79.9. The third-order valence-corrected chi connectivity index (χ3v) is 4.13. The molecular formula is C14H17BrN2O2. The predicted octanol–water partition coefficient (Wildman–Crippen LogP) is 1.90. The Morgan fingerprint density at radius 3 is 3.00 bits per heavy atom. The number of aliphatic hydroxyl groups excluding tert-OH is 1. The molecule has 0 aromatic heterocycles. The first-order chi connectivity index (χ1) is 9.13. The van der Waals surface area contributed by atoms with Gasteiger partial charge in [-0.2, -0.15) is 5.26 Å². The second-order valence-electron chi connectivity index (χ2n) is 4.83. The topological polar surface area (TPSA) is 56.5 Å². The van der Waals surface area contributed by atoms with E-state index in [0.717, 1.165) is 23.1 Å². The largest absolute Gasteiger partial charge is 0.394 e. The number of rotatable bonds is 3. The Kier molecular flexibility index (Phi) is 4.94. The van der Waals surface area contributed by atoms with Crippen molar-refractivity contribution in [1.29, 1.82) is 5.26 Å². The van der Waals surface area contributed by atoms with Gasteiger partial charge in [-0.05, 0) is 24.6 Å². The molecule has 2 rings (SSSR count). The van der Waals surface area contributed by atoms with Gasteiger partial charge in [-0.1, -0.05) is 22.0 Å². The summed E-state index contributed by atoms with van der Waals surface area (Å²) < 4.78 is 6.48. The summed E-state index contributed by atoms with van der Waals surface area (Å²) in [6, 6.07) is 8.09. The molecule has 0 radical (unpaired) electrons. The summed E-state index contributed by atoms with van der Waals surface area (Å²) in [5.41, 5.74) is 1.79. The molecule has 1 heterocycles. The van der Waals surface area contributed by atoms with Gasteiger partial charge in [-0.25, -0.2) is 0 Å². The van der Waals surface area contributed by atoms with E-state index in [4.69, 9.17) is 10.00 Å². The summed E-state index contributed by atoms with van der Waals surface area (Å²) >= 11 is 3.51. The van der Waals surface area contributed by atoms with Gasteiger partial charge in [-0.15, -0.1) is 0 Å². The maximum atomic E-state index is 9.19. The maximum absolute atomic E-state index is 9.19. The molecule has 1 aliphatic heterocycles. The van der Waals surface area contributed by atoms with E-state index in [0.29, 0.717) is 18.2 Å². The highest BCUT2D eigenvalue weighted by Crippen LogP contribution is 2.22. The number of nitrogens with zero attached hydrogens (tertiary/aromatic N) is 2. The fourth-order valence-electron chi connectivity index (χ4n) is 2.17. The van der Waals surface area contributed by atoms with E-state index in [9.17, 15) is 5.11 Å². The Bertz CT molecular complexity index is 487. The third-order valence-electron chi connectivity index (χ3n) is 3.39. The third kappa shape index (κ3) is 3.54. The van der Waals surface area contributed by atoms with Crippen LogP contribution in [0, 0.1) is 11.3 Å². The smallest absolute Gasteiger partial charge is 0.0992 e. The Hall–Kier alpha value is -0.930. The van der Waals surface area contributed by atoms with Crippen LogP contribution in [-0.2, 0) is 11.3 Å². The Balaban J connectivity index is 2.09. The van der Waals surface area contributed by atoms with Crippen molar-refractivity contribution in [3.05, 3.63) is 33.8 Å². The lowest BCUT2D eigenvalue weighted by Gasteiger charge is -2.37. The van der Waals surface area contributed by atoms with Crippen LogP contribution >= 0.6 is 15.9 Å². The van der Waals surface area contributed by atoms with Crippen LogP contribution in [0.5, 0.6) is 0 Å². The second-order valence-corrected chi connectivity index (χ2v) is 5.69. The van der Waals surface area contributed by atoms with Gasteiger partial charge in [0.25, 0.3) is 0 Å². The highest BCUT2D eigenvalue weighted by molar-refractivity contribution is 9.10. The molecule has 1 N–H and O–H groups in total. The molecule has 5 heteroatoms. The summed E-state index contributed by atoms with van der Waals surface area (Å²) in [6.07, 6.45) is -0.103. The van der Waals surface area contributed by atoms with Crippen LogP contribution in [0.15, 0.2) is 22.7 Å². The summed E-state index contributed by atoms with van der Waals surface area (Å²) in [5.74, 6) is 0. The van der Waals surface area contributed by atoms with Gasteiger partial charge in [0.1, 0.15) is 0 Å². The first-order valence-corrected chi connectivity index (χ1v) is 7.08. The number of nitriles is 1. The van der Waals surface area contributed by atoms with E-state index >= 15 is 0 Å². The van der Waals surface area contributed by atoms with Crippen molar-refractivity contribution in [3.8, 4) is 6.07 Å². The van der Waals surface area contributed by atoms with E-state index in [1.165, 1.54) is 0 Å². The van der Waals surface area contributed by atoms with Gasteiger partial charge in [0.2, 0.25) is 0 Å². The number of benzene rings is 1. The van der Waals surface area contributed by atoms with E-state index in [1.54, 1.807) is 0 Å². The fourth-order valence-corrected chi connectivity index (χ4v) is 2.67. The van der Waals surface area contributed by atoms with Crippen LogP contribution in [0.4, 0.5) is 0 Å². The zero-order chi connectivity index (χ0) is 13.8. The molecule has 0 unspecified atom stereocenters. The Labute approximate surface area is 121 Å². The molecule has 102 valence electrons. The van der Waals surface area contributed by atoms with Crippen molar-refractivity contribution in [1.82, 2.24) is 4.90 Å². The van der Waals surface area contributed by atoms with Gasteiger partial charge in [0.05, 0.1) is 31.0 Å². The van der Waals surface area contributed by atoms with E-state index in [1.807, 2.05) is 18.2 Å². The Morgan fingerprint density at radius 2 is 2.37 bits per heavy atom. The van der Waals surface area contributed by atoms with Crippen molar-refractivity contribution in [3.63, 3.8) is 0 Å². The van der Waals surface area contributed by atoms with Crippen molar-refractivity contribution < 1.29 is 9.84 Å². The van der Waals surface area contributed by atoms with Gasteiger partial charge in [0.15, 0.2) is 0 Å². The molecule has 2 atom stereocenters. The molecule has 0 saturated carbocycles.